The fraction of sp³-hybridized carbons (Fsp3) is 0.600. The lowest BCUT2D eigenvalue weighted by molar-refractivity contribution is -0.133. The molecule has 3 heteroatoms. The van der Waals surface area contributed by atoms with E-state index in [4.69, 9.17) is 0 Å². The average molecular weight is 315 g/mol. The van der Waals surface area contributed by atoms with Crippen LogP contribution >= 0.6 is 0 Å². The summed E-state index contributed by atoms with van der Waals surface area (Å²) >= 11 is 0. The Labute approximate surface area is 140 Å². The summed E-state index contributed by atoms with van der Waals surface area (Å²) in [6, 6.07) is 8.07. The van der Waals surface area contributed by atoms with Crippen LogP contribution in [-0.2, 0) is 4.79 Å². The molecular formula is C20H29NO2. The number of nitrogens with zero attached hydrogens (tertiary/aromatic N) is 1. The zero-order chi connectivity index (χ0) is 17.0. The Hall–Kier alpha value is -1.64. The molecule has 0 N–H and O–H groups in total. The number of benzene rings is 1. The quantitative estimate of drug-likeness (QED) is 0.761. The minimum Gasteiger partial charge on any atom is -0.343 e. The molecule has 0 bridgehead atoms. The van der Waals surface area contributed by atoms with E-state index in [9.17, 15) is 9.59 Å². The zero-order valence-corrected chi connectivity index (χ0v) is 14.8. The van der Waals surface area contributed by atoms with Gasteiger partial charge < -0.3 is 4.90 Å². The zero-order valence-electron chi connectivity index (χ0n) is 14.8. The maximum atomic E-state index is 12.2. The van der Waals surface area contributed by atoms with E-state index in [0.717, 1.165) is 31.5 Å². The molecule has 1 fully saturated rings. The molecule has 2 rings (SSSR count). The summed E-state index contributed by atoms with van der Waals surface area (Å²) in [6.45, 7) is 9.71. The number of piperidine rings is 1. The third kappa shape index (κ3) is 4.66. The van der Waals surface area contributed by atoms with Crippen molar-refractivity contribution in [2.24, 2.45) is 11.8 Å². The van der Waals surface area contributed by atoms with E-state index < -0.39 is 0 Å². The van der Waals surface area contributed by atoms with Gasteiger partial charge in [0.15, 0.2) is 5.78 Å². The molecule has 126 valence electrons. The van der Waals surface area contributed by atoms with Crippen LogP contribution < -0.4 is 0 Å². The Morgan fingerprint density at radius 3 is 2.35 bits per heavy atom. The van der Waals surface area contributed by atoms with Gasteiger partial charge in [-0.2, -0.15) is 0 Å². The van der Waals surface area contributed by atoms with Gasteiger partial charge in [-0.05, 0) is 36.3 Å². The molecule has 3 nitrogen and oxygen atoms in total. The van der Waals surface area contributed by atoms with E-state index in [-0.39, 0.29) is 17.6 Å². The monoisotopic (exact) mass is 315 g/mol. The van der Waals surface area contributed by atoms with E-state index in [1.807, 2.05) is 30.9 Å². The molecule has 1 aromatic carbocycles. The molecule has 1 aliphatic rings. The largest absolute Gasteiger partial charge is 0.343 e. The van der Waals surface area contributed by atoms with Crippen molar-refractivity contribution < 1.29 is 9.59 Å². The molecule has 1 saturated heterocycles. The molecule has 0 unspecified atom stereocenters. The van der Waals surface area contributed by atoms with Crippen LogP contribution in [0.5, 0.6) is 0 Å². The van der Waals surface area contributed by atoms with E-state index in [1.54, 1.807) is 0 Å². The summed E-state index contributed by atoms with van der Waals surface area (Å²) < 4.78 is 0. The molecule has 0 aliphatic carbocycles. The third-order valence-electron chi connectivity index (χ3n) is 4.60. The van der Waals surface area contributed by atoms with Crippen molar-refractivity contribution in [1.29, 1.82) is 0 Å². The number of ketones is 1. The summed E-state index contributed by atoms with van der Waals surface area (Å²) in [5.74, 6) is 1.39. The number of carbonyl (C=O) groups excluding carboxylic acids is 2. The third-order valence-corrected chi connectivity index (χ3v) is 4.60. The summed E-state index contributed by atoms with van der Waals surface area (Å²) in [5, 5.41) is 0. The molecule has 1 aliphatic heterocycles. The highest BCUT2D eigenvalue weighted by atomic mass is 16.2. The van der Waals surface area contributed by atoms with Gasteiger partial charge in [0, 0.05) is 31.0 Å². The first kappa shape index (κ1) is 17.7. The van der Waals surface area contributed by atoms with Crippen LogP contribution in [0.25, 0.3) is 0 Å². The minimum atomic E-state index is 0.0285. The van der Waals surface area contributed by atoms with Crippen molar-refractivity contribution in [3.8, 4) is 0 Å². The second-order valence-electron chi connectivity index (χ2n) is 7.40. The van der Waals surface area contributed by atoms with Gasteiger partial charge in [0.05, 0.1) is 0 Å². The van der Waals surface area contributed by atoms with Gasteiger partial charge in [-0.15, -0.1) is 0 Å². The maximum absolute atomic E-state index is 12.2. The minimum absolute atomic E-state index is 0.0285. The van der Waals surface area contributed by atoms with Crippen LogP contribution in [0.1, 0.15) is 68.8 Å². The molecule has 0 atom stereocenters. The first-order chi connectivity index (χ1) is 10.9. The highest BCUT2D eigenvalue weighted by Crippen LogP contribution is 2.29. The second kappa shape index (κ2) is 7.76. The topological polar surface area (TPSA) is 37.4 Å². The number of likely N-dealkylation sites (tertiary alicyclic amines) is 1. The van der Waals surface area contributed by atoms with E-state index in [0.29, 0.717) is 18.3 Å². The second-order valence-corrected chi connectivity index (χ2v) is 7.40. The first-order valence-electron chi connectivity index (χ1n) is 8.80. The van der Waals surface area contributed by atoms with Crippen molar-refractivity contribution in [3.05, 3.63) is 35.4 Å². The molecule has 0 aromatic heterocycles. The average Bonchev–Trinajstić information content (AvgIpc) is 2.53. The van der Waals surface area contributed by atoms with Crippen LogP contribution in [0.3, 0.4) is 0 Å². The summed E-state index contributed by atoms with van der Waals surface area (Å²) in [7, 11) is 0. The van der Waals surface area contributed by atoms with Crippen LogP contribution in [-0.4, -0.2) is 29.7 Å². The van der Waals surface area contributed by atoms with Gasteiger partial charge in [0.2, 0.25) is 5.91 Å². The molecule has 0 spiro atoms. The Kier molecular flexibility index (Phi) is 5.97. The summed E-state index contributed by atoms with van der Waals surface area (Å²) in [4.78, 5) is 26.3. The van der Waals surface area contributed by atoms with Crippen LogP contribution in [0.4, 0.5) is 0 Å². The normalized spacial score (nSPS) is 16.2. The van der Waals surface area contributed by atoms with Crippen molar-refractivity contribution in [2.75, 3.05) is 13.1 Å². The number of hydrogen-bond donors (Lipinski definition) is 0. The van der Waals surface area contributed by atoms with Gasteiger partial charge in [-0.1, -0.05) is 45.9 Å². The van der Waals surface area contributed by atoms with Crippen molar-refractivity contribution in [2.45, 2.75) is 52.9 Å². The summed E-state index contributed by atoms with van der Waals surface area (Å²) in [5.41, 5.74) is 2.06. The Balaban J connectivity index is 1.99. The van der Waals surface area contributed by atoms with Crippen molar-refractivity contribution in [1.82, 2.24) is 4.90 Å². The van der Waals surface area contributed by atoms with Gasteiger partial charge in [-0.25, -0.2) is 0 Å². The Bertz CT molecular complexity index is 555. The van der Waals surface area contributed by atoms with Gasteiger partial charge in [0.25, 0.3) is 0 Å². The van der Waals surface area contributed by atoms with Gasteiger partial charge in [0.1, 0.15) is 0 Å². The van der Waals surface area contributed by atoms with Gasteiger partial charge in [-0.3, -0.25) is 9.59 Å². The molecule has 1 heterocycles. The predicted molar refractivity (Wildman–Crippen MR) is 93.6 cm³/mol. The summed E-state index contributed by atoms with van der Waals surface area (Å²) in [6.07, 6.45) is 2.62. The molecule has 1 aromatic rings. The Morgan fingerprint density at radius 2 is 1.78 bits per heavy atom. The standard InChI is InChI=1S/C20H29NO2/c1-14(2)12-19(22)21-10-8-16(9-11-21)17-6-5-7-18(13-17)20(23)15(3)4/h5-7,13-16H,8-12H2,1-4H3. The Morgan fingerprint density at radius 1 is 1.13 bits per heavy atom. The number of hydrogen-bond acceptors (Lipinski definition) is 2. The van der Waals surface area contributed by atoms with Crippen LogP contribution in [0.15, 0.2) is 24.3 Å². The van der Waals surface area contributed by atoms with E-state index >= 15 is 0 Å². The first-order valence-corrected chi connectivity index (χ1v) is 8.80. The number of Topliss-reactive ketones (excluding diaryl/α,β-unsaturated/α-hetero) is 1. The molecular weight excluding hydrogens is 286 g/mol. The van der Waals surface area contributed by atoms with E-state index in [2.05, 4.69) is 26.0 Å². The molecule has 1 amide bonds. The van der Waals surface area contributed by atoms with Crippen molar-refractivity contribution >= 4 is 11.7 Å². The SMILES string of the molecule is CC(C)CC(=O)N1CCC(c2cccc(C(=O)C(C)C)c2)CC1. The number of rotatable bonds is 5. The highest BCUT2D eigenvalue weighted by Gasteiger charge is 2.24. The highest BCUT2D eigenvalue weighted by molar-refractivity contribution is 5.97. The fourth-order valence-corrected chi connectivity index (χ4v) is 3.22. The fourth-order valence-electron chi connectivity index (χ4n) is 3.22. The molecule has 23 heavy (non-hydrogen) atoms. The van der Waals surface area contributed by atoms with Crippen molar-refractivity contribution in [3.63, 3.8) is 0 Å². The van der Waals surface area contributed by atoms with Gasteiger partial charge >= 0.3 is 0 Å². The number of carbonyl (C=O) groups is 2. The smallest absolute Gasteiger partial charge is 0.222 e. The molecule has 0 radical (unpaired) electrons. The lowest BCUT2D eigenvalue weighted by Crippen LogP contribution is -2.38. The lowest BCUT2D eigenvalue weighted by Gasteiger charge is -2.33. The van der Waals surface area contributed by atoms with E-state index in [1.165, 1.54) is 5.56 Å². The van der Waals surface area contributed by atoms with Crippen LogP contribution in [0.2, 0.25) is 0 Å². The van der Waals surface area contributed by atoms with Crippen LogP contribution in [0, 0.1) is 11.8 Å². The molecule has 0 saturated carbocycles. The number of amides is 1. The predicted octanol–water partition coefficient (Wildman–Crippen LogP) is 4.28. The lowest BCUT2D eigenvalue weighted by atomic mass is 9.87. The maximum Gasteiger partial charge on any atom is 0.222 e.